The molecule has 4 heteroatoms. The number of para-hydroxylation sites is 1. The number of fused-ring (bicyclic) bond motifs is 1. The van der Waals surface area contributed by atoms with Crippen LogP contribution in [0.3, 0.4) is 0 Å². The lowest BCUT2D eigenvalue weighted by molar-refractivity contribution is 0.0718. The van der Waals surface area contributed by atoms with Crippen molar-refractivity contribution in [1.29, 1.82) is 0 Å². The third kappa shape index (κ3) is 2.31. The van der Waals surface area contributed by atoms with Gasteiger partial charge >= 0.3 is 0 Å². The average Bonchev–Trinajstić information content (AvgIpc) is 2.79. The number of aliphatic hydroxyl groups excluding tert-OH is 1. The SMILES string of the molecule is Cn1cc(C(=O)N[C@H]2CCCC[C@@H]2O)c2ccccc21. The van der Waals surface area contributed by atoms with Crippen LogP contribution in [0.4, 0.5) is 0 Å². The summed E-state index contributed by atoms with van der Waals surface area (Å²) in [5, 5.41) is 13.9. The van der Waals surface area contributed by atoms with Crippen LogP contribution in [0.5, 0.6) is 0 Å². The normalized spacial score (nSPS) is 22.9. The van der Waals surface area contributed by atoms with Crippen LogP contribution in [-0.4, -0.2) is 27.7 Å². The lowest BCUT2D eigenvalue weighted by Gasteiger charge is -2.28. The third-order valence-electron chi connectivity index (χ3n) is 4.19. The maximum atomic E-state index is 12.5. The number of aliphatic hydroxyl groups is 1. The molecule has 1 heterocycles. The number of rotatable bonds is 2. The van der Waals surface area contributed by atoms with Gasteiger partial charge in [0, 0.05) is 24.1 Å². The minimum absolute atomic E-state index is 0.0900. The molecule has 1 fully saturated rings. The molecule has 0 unspecified atom stereocenters. The highest BCUT2D eigenvalue weighted by Gasteiger charge is 2.25. The van der Waals surface area contributed by atoms with Gasteiger partial charge in [0.1, 0.15) is 0 Å². The summed E-state index contributed by atoms with van der Waals surface area (Å²) in [6, 6.07) is 7.75. The predicted molar refractivity (Wildman–Crippen MR) is 78.6 cm³/mol. The molecule has 2 atom stereocenters. The van der Waals surface area contributed by atoms with Gasteiger partial charge in [0.2, 0.25) is 0 Å². The van der Waals surface area contributed by atoms with Crippen LogP contribution < -0.4 is 5.32 Å². The third-order valence-corrected chi connectivity index (χ3v) is 4.19. The number of aryl methyl sites for hydroxylation is 1. The van der Waals surface area contributed by atoms with E-state index in [-0.39, 0.29) is 11.9 Å². The zero-order valence-corrected chi connectivity index (χ0v) is 11.7. The number of nitrogens with zero attached hydrogens (tertiary/aromatic N) is 1. The van der Waals surface area contributed by atoms with E-state index in [1.807, 2.05) is 42.1 Å². The first-order chi connectivity index (χ1) is 9.66. The number of carbonyl (C=O) groups is 1. The van der Waals surface area contributed by atoms with Crippen molar-refractivity contribution in [3.8, 4) is 0 Å². The largest absolute Gasteiger partial charge is 0.391 e. The first-order valence-corrected chi connectivity index (χ1v) is 7.20. The molecule has 1 aliphatic carbocycles. The number of hydrogen-bond donors (Lipinski definition) is 2. The Morgan fingerprint density at radius 2 is 2.05 bits per heavy atom. The van der Waals surface area contributed by atoms with Crippen LogP contribution in [0.15, 0.2) is 30.5 Å². The van der Waals surface area contributed by atoms with Crippen LogP contribution in [0.1, 0.15) is 36.0 Å². The Morgan fingerprint density at radius 1 is 1.30 bits per heavy atom. The lowest BCUT2D eigenvalue weighted by Crippen LogP contribution is -2.45. The number of hydrogen-bond acceptors (Lipinski definition) is 2. The molecule has 0 spiro atoms. The molecule has 3 rings (SSSR count). The van der Waals surface area contributed by atoms with Gasteiger partial charge in [0.05, 0.1) is 17.7 Å². The number of carbonyl (C=O) groups excluding carboxylic acids is 1. The van der Waals surface area contributed by atoms with E-state index in [0.717, 1.165) is 36.6 Å². The second kappa shape index (κ2) is 5.29. The topological polar surface area (TPSA) is 54.3 Å². The Hall–Kier alpha value is -1.81. The van der Waals surface area contributed by atoms with E-state index < -0.39 is 6.10 Å². The van der Waals surface area contributed by atoms with E-state index in [1.54, 1.807) is 0 Å². The van der Waals surface area contributed by atoms with Crippen LogP contribution >= 0.6 is 0 Å². The van der Waals surface area contributed by atoms with Crippen LogP contribution in [0.2, 0.25) is 0 Å². The van der Waals surface area contributed by atoms with E-state index in [2.05, 4.69) is 5.32 Å². The van der Waals surface area contributed by atoms with Gasteiger partial charge in [-0.05, 0) is 18.9 Å². The first kappa shape index (κ1) is 13.2. The lowest BCUT2D eigenvalue weighted by atomic mass is 9.92. The quantitative estimate of drug-likeness (QED) is 0.880. The summed E-state index contributed by atoms with van der Waals surface area (Å²) in [6.45, 7) is 0. The predicted octanol–water partition coefficient (Wildman–Crippen LogP) is 2.21. The number of benzene rings is 1. The molecule has 0 saturated heterocycles. The Kier molecular flexibility index (Phi) is 3.49. The number of aromatic nitrogens is 1. The molecule has 0 aliphatic heterocycles. The molecular formula is C16H20N2O2. The Bertz CT molecular complexity index is 632. The maximum absolute atomic E-state index is 12.5. The Balaban J connectivity index is 1.85. The van der Waals surface area contributed by atoms with Gasteiger partial charge in [0.25, 0.3) is 5.91 Å². The molecule has 1 saturated carbocycles. The average molecular weight is 272 g/mol. The van der Waals surface area contributed by atoms with E-state index in [1.165, 1.54) is 0 Å². The van der Waals surface area contributed by atoms with Crippen LogP contribution in [0, 0.1) is 0 Å². The van der Waals surface area contributed by atoms with E-state index in [4.69, 9.17) is 0 Å². The molecule has 4 nitrogen and oxygen atoms in total. The number of amides is 1. The minimum Gasteiger partial charge on any atom is -0.391 e. The highest BCUT2D eigenvalue weighted by atomic mass is 16.3. The van der Waals surface area contributed by atoms with Crippen molar-refractivity contribution in [2.45, 2.75) is 37.8 Å². The fourth-order valence-electron chi connectivity index (χ4n) is 3.05. The van der Waals surface area contributed by atoms with Gasteiger partial charge in [-0.1, -0.05) is 31.0 Å². The van der Waals surface area contributed by atoms with Crippen molar-refractivity contribution < 1.29 is 9.90 Å². The summed E-state index contributed by atoms with van der Waals surface area (Å²) < 4.78 is 1.96. The molecule has 0 bridgehead atoms. The molecule has 20 heavy (non-hydrogen) atoms. The zero-order valence-electron chi connectivity index (χ0n) is 11.7. The summed E-state index contributed by atoms with van der Waals surface area (Å²) in [6.07, 6.45) is 5.19. The van der Waals surface area contributed by atoms with Gasteiger partial charge in [-0.15, -0.1) is 0 Å². The smallest absolute Gasteiger partial charge is 0.253 e. The van der Waals surface area contributed by atoms with Gasteiger partial charge in [0.15, 0.2) is 0 Å². The van der Waals surface area contributed by atoms with Crippen molar-refractivity contribution in [3.63, 3.8) is 0 Å². The van der Waals surface area contributed by atoms with Crippen molar-refractivity contribution in [1.82, 2.24) is 9.88 Å². The van der Waals surface area contributed by atoms with E-state index in [0.29, 0.717) is 5.56 Å². The molecule has 2 aromatic rings. The molecule has 1 aromatic heterocycles. The molecule has 1 aliphatic rings. The van der Waals surface area contributed by atoms with Gasteiger partial charge < -0.3 is 15.0 Å². The molecule has 1 amide bonds. The summed E-state index contributed by atoms with van der Waals surface area (Å²) in [5.41, 5.74) is 1.72. The van der Waals surface area contributed by atoms with Crippen molar-refractivity contribution in [3.05, 3.63) is 36.0 Å². The summed E-state index contributed by atoms with van der Waals surface area (Å²) in [4.78, 5) is 12.5. The minimum atomic E-state index is -0.414. The molecule has 2 N–H and O–H groups in total. The molecule has 1 aromatic carbocycles. The summed E-state index contributed by atoms with van der Waals surface area (Å²) in [5.74, 6) is -0.0900. The summed E-state index contributed by atoms with van der Waals surface area (Å²) >= 11 is 0. The van der Waals surface area contributed by atoms with Gasteiger partial charge in [-0.3, -0.25) is 4.79 Å². The van der Waals surface area contributed by atoms with Crippen LogP contribution in [-0.2, 0) is 7.05 Å². The summed E-state index contributed by atoms with van der Waals surface area (Å²) in [7, 11) is 1.94. The first-order valence-electron chi connectivity index (χ1n) is 7.20. The van der Waals surface area contributed by atoms with Crippen molar-refractivity contribution >= 4 is 16.8 Å². The number of nitrogens with one attached hydrogen (secondary N) is 1. The second-order valence-electron chi connectivity index (χ2n) is 5.60. The monoisotopic (exact) mass is 272 g/mol. The van der Waals surface area contributed by atoms with Gasteiger partial charge in [-0.25, -0.2) is 0 Å². The standard InChI is InChI=1S/C16H20N2O2/c1-18-10-12(11-6-2-4-8-14(11)18)16(20)17-13-7-3-5-9-15(13)19/h2,4,6,8,10,13,15,19H,3,5,7,9H2,1H3,(H,17,20)/t13-,15-/m0/s1. The van der Waals surface area contributed by atoms with Crippen molar-refractivity contribution in [2.24, 2.45) is 7.05 Å². The Labute approximate surface area is 118 Å². The highest BCUT2D eigenvalue weighted by molar-refractivity contribution is 6.07. The van der Waals surface area contributed by atoms with E-state index >= 15 is 0 Å². The molecule has 106 valence electrons. The second-order valence-corrected chi connectivity index (χ2v) is 5.60. The highest BCUT2D eigenvalue weighted by Crippen LogP contribution is 2.22. The van der Waals surface area contributed by atoms with Gasteiger partial charge in [-0.2, -0.15) is 0 Å². The Morgan fingerprint density at radius 3 is 2.85 bits per heavy atom. The van der Waals surface area contributed by atoms with E-state index in [9.17, 15) is 9.90 Å². The molecular weight excluding hydrogens is 252 g/mol. The fraction of sp³-hybridized carbons (Fsp3) is 0.438. The fourth-order valence-corrected chi connectivity index (χ4v) is 3.05. The molecule has 0 radical (unpaired) electrons. The van der Waals surface area contributed by atoms with Crippen molar-refractivity contribution in [2.75, 3.05) is 0 Å². The zero-order chi connectivity index (χ0) is 14.1. The van der Waals surface area contributed by atoms with Crippen LogP contribution in [0.25, 0.3) is 10.9 Å². The maximum Gasteiger partial charge on any atom is 0.253 e.